The second-order valence-electron chi connectivity index (χ2n) is 11.9. The Kier molecular flexibility index (Phi) is 11.1. The van der Waals surface area contributed by atoms with Crippen LogP contribution in [-0.4, -0.2) is 99.1 Å². The van der Waals surface area contributed by atoms with Gasteiger partial charge in [-0.05, 0) is 44.2 Å². The van der Waals surface area contributed by atoms with E-state index in [2.05, 4.69) is 31.6 Å². The number of hydrogen-bond acceptors (Lipinski definition) is 9. The Hall–Kier alpha value is -4.53. The summed E-state index contributed by atoms with van der Waals surface area (Å²) in [5, 5.41) is 30.4. The van der Waals surface area contributed by atoms with Crippen molar-refractivity contribution in [1.82, 2.24) is 41.2 Å². The summed E-state index contributed by atoms with van der Waals surface area (Å²) in [5.41, 5.74) is 1.61. The number of likely N-dealkylation sites (tertiary alicyclic amines) is 1. The molecule has 5 rings (SSSR count). The molecule has 1 aromatic heterocycles. The van der Waals surface area contributed by atoms with Crippen molar-refractivity contribution < 1.29 is 29.0 Å². The zero-order valence-corrected chi connectivity index (χ0v) is 26.9. The molecule has 5 N–H and O–H groups in total. The summed E-state index contributed by atoms with van der Waals surface area (Å²) < 4.78 is 7.57. The monoisotopic (exact) mass is 666 g/mol. The second kappa shape index (κ2) is 15.4. The summed E-state index contributed by atoms with van der Waals surface area (Å²) >= 11 is 6.21. The number of aliphatic hydroxyl groups is 1. The second-order valence-corrected chi connectivity index (χ2v) is 12.3. The van der Waals surface area contributed by atoms with E-state index in [0.717, 1.165) is 5.56 Å². The van der Waals surface area contributed by atoms with Gasteiger partial charge in [-0.1, -0.05) is 47.1 Å². The fraction of sp³-hybridized carbons (Fsp3) is 0.438. The maximum Gasteiger partial charge on any atom is 0.255 e. The summed E-state index contributed by atoms with van der Waals surface area (Å²) in [5.74, 6) is -1.73. The summed E-state index contributed by atoms with van der Waals surface area (Å²) in [6.07, 6.45) is 1.41. The van der Waals surface area contributed by atoms with Gasteiger partial charge < -0.3 is 31.1 Å². The Balaban J connectivity index is 1.39. The van der Waals surface area contributed by atoms with Crippen LogP contribution in [-0.2, 0) is 33.9 Å². The smallest absolute Gasteiger partial charge is 0.255 e. The van der Waals surface area contributed by atoms with Gasteiger partial charge in [0.15, 0.2) is 0 Å². The molecule has 5 atom stereocenters. The number of rotatable bonds is 3. The van der Waals surface area contributed by atoms with Crippen LogP contribution in [0.25, 0.3) is 0 Å². The quantitative estimate of drug-likeness (QED) is 0.265. The van der Waals surface area contributed by atoms with Crippen LogP contribution in [0.4, 0.5) is 0 Å². The number of aromatic nitrogens is 3. The molecule has 2 aliphatic rings. The zero-order chi connectivity index (χ0) is 33.5. The third-order valence-corrected chi connectivity index (χ3v) is 8.41. The van der Waals surface area contributed by atoms with E-state index >= 15 is 0 Å². The first kappa shape index (κ1) is 33.8. The predicted octanol–water partition coefficient (Wildman–Crippen LogP) is 0.426. The average molecular weight is 667 g/mol. The number of ether oxygens (including phenoxy) is 1. The highest BCUT2D eigenvalue weighted by molar-refractivity contribution is 6.30. The molecular formula is C32H39ClN8O6. The Bertz CT molecular complexity index is 1580. The number of nitrogens with zero attached hydrogens (tertiary/aromatic N) is 4. The molecule has 2 aromatic carbocycles. The van der Waals surface area contributed by atoms with Crippen LogP contribution in [0, 0.1) is 0 Å². The molecule has 3 heterocycles. The Labute approximate surface area is 277 Å². The molecule has 4 amide bonds. The summed E-state index contributed by atoms with van der Waals surface area (Å²) in [7, 11) is 1.74. The number of aryl methyl sites for hydroxylation is 1. The highest BCUT2D eigenvalue weighted by Crippen LogP contribution is 2.25. The maximum atomic E-state index is 13.5. The Morgan fingerprint density at radius 3 is 2.60 bits per heavy atom. The van der Waals surface area contributed by atoms with Crippen LogP contribution >= 0.6 is 11.6 Å². The zero-order valence-electron chi connectivity index (χ0n) is 26.2. The van der Waals surface area contributed by atoms with E-state index in [0.29, 0.717) is 41.5 Å². The molecule has 0 spiro atoms. The van der Waals surface area contributed by atoms with Crippen molar-refractivity contribution in [2.75, 3.05) is 20.2 Å². The molecule has 15 heteroatoms. The highest BCUT2D eigenvalue weighted by atomic mass is 35.5. The van der Waals surface area contributed by atoms with Gasteiger partial charge in [0, 0.05) is 37.0 Å². The van der Waals surface area contributed by atoms with Crippen LogP contribution < -0.4 is 26.0 Å². The lowest BCUT2D eigenvalue weighted by atomic mass is 10.0. The third kappa shape index (κ3) is 8.84. The molecular weight excluding hydrogens is 628 g/mol. The topological polar surface area (TPSA) is 180 Å². The first-order valence-corrected chi connectivity index (χ1v) is 15.9. The van der Waals surface area contributed by atoms with Crippen LogP contribution in [0.2, 0.25) is 5.02 Å². The highest BCUT2D eigenvalue weighted by Gasteiger charge is 2.38. The number of hydrogen-bond donors (Lipinski definition) is 5. The minimum absolute atomic E-state index is 0.0588. The van der Waals surface area contributed by atoms with Crippen molar-refractivity contribution in [3.05, 3.63) is 76.6 Å². The van der Waals surface area contributed by atoms with Gasteiger partial charge in [0.25, 0.3) is 5.91 Å². The third-order valence-electron chi connectivity index (χ3n) is 8.17. The number of carbonyl (C=O) groups excluding carboxylic acids is 4. The number of likely N-dealkylation sites (N-methyl/N-ethyl adjacent to an activating group) is 1. The number of halogens is 1. The van der Waals surface area contributed by atoms with Gasteiger partial charge in [-0.3, -0.25) is 28.8 Å². The van der Waals surface area contributed by atoms with Gasteiger partial charge in [0.1, 0.15) is 23.5 Å². The fourth-order valence-corrected chi connectivity index (χ4v) is 5.85. The van der Waals surface area contributed by atoms with Gasteiger partial charge in [-0.2, -0.15) is 0 Å². The van der Waals surface area contributed by atoms with Crippen molar-refractivity contribution in [3.8, 4) is 5.75 Å². The first-order chi connectivity index (χ1) is 22.6. The predicted molar refractivity (Wildman–Crippen MR) is 171 cm³/mol. The number of amides is 4. The van der Waals surface area contributed by atoms with E-state index in [1.165, 1.54) is 6.92 Å². The van der Waals surface area contributed by atoms with Gasteiger partial charge in [-0.15, -0.1) is 5.10 Å². The average Bonchev–Trinajstić information content (AvgIpc) is 3.65. The van der Waals surface area contributed by atoms with E-state index in [1.807, 2.05) is 30.3 Å². The van der Waals surface area contributed by atoms with Crippen LogP contribution in [0.5, 0.6) is 5.75 Å². The minimum atomic E-state index is -1.34. The lowest BCUT2D eigenvalue weighted by Crippen LogP contribution is -2.59. The molecule has 0 unspecified atom stereocenters. The van der Waals surface area contributed by atoms with Crippen LogP contribution in [0.15, 0.2) is 54.7 Å². The van der Waals surface area contributed by atoms with Crippen molar-refractivity contribution in [2.45, 2.75) is 69.5 Å². The lowest BCUT2D eigenvalue weighted by Gasteiger charge is -2.27. The number of aliphatic hydroxyl groups excluding tert-OH is 1. The molecule has 0 radical (unpaired) electrons. The van der Waals surface area contributed by atoms with E-state index in [4.69, 9.17) is 16.3 Å². The normalized spacial score (nSPS) is 24.2. The minimum Gasteiger partial charge on any atom is -0.493 e. The molecule has 3 aromatic rings. The molecule has 250 valence electrons. The van der Waals surface area contributed by atoms with Gasteiger partial charge in [0.2, 0.25) is 17.7 Å². The number of benzene rings is 2. The lowest BCUT2D eigenvalue weighted by molar-refractivity contribution is -0.135. The maximum absolute atomic E-state index is 13.5. The number of carbonyl (C=O) groups is 4. The van der Waals surface area contributed by atoms with Crippen molar-refractivity contribution in [1.29, 1.82) is 0 Å². The van der Waals surface area contributed by atoms with Gasteiger partial charge in [0.05, 0.1) is 37.1 Å². The van der Waals surface area contributed by atoms with E-state index in [9.17, 15) is 24.3 Å². The standard InChI is InChI=1S/C32H39ClN8O6/c1-19(42)28-32(46)36-25(13-20-7-4-3-5-8-20)30(44)34-16-23-18-41(39-38-23)11-6-12-47-27-14-21(33)9-10-24(27)29(43)35-22-15-26(31(45)37-28)40(2)17-22/h3-5,7-10,14,18-19,22,25-26,28,42H,6,11-13,15-17H2,1-2H3,(H,34,44)(H,35,43)(H,36,46)(H,37,45)/t19-,22+,25+,26+,28+/m1/s1. The van der Waals surface area contributed by atoms with Crippen molar-refractivity contribution in [2.24, 2.45) is 0 Å². The van der Waals surface area contributed by atoms with Crippen molar-refractivity contribution in [3.63, 3.8) is 0 Å². The molecule has 0 aliphatic carbocycles. The van der Waals surface area contributed by atoms with Gasteiger partial charge >= 0.3 is 0 Å². The SMILES string of the molecule is C[C@@H](O)[C@@H]1NC(=O)[C@@H]2C[C@@H](CN2C)NC(=O)c2ccc(Cl)cc2OCCCn2cc(nn2)CNC(=O)[C@H](Cc2ccccc2)NC1=O. The molecule has 2 aliphatic heterocycles. The van der Waals surface area contributed by atoms with Crippen molar-refractivity contribution >= 4 is 35.2 Å². The molecule has 14 nitrogen and oxygen atoms in total. The first-order valence-electron chi connectivity index (χ1n) is 15.5. The van der Waals surface area contributed by atoms with E-state index < -0.39 is 42.0 Å². The fourth-order valence-electron chi connectivity index (χ4n) is 5.69. The summed E-state index contributed by atoms with van der Waals surface area (Å²) in [4.78, 5) is 55.5. The van der Waals surface area contributed by atoms with E-state index in [1.54, 1.807) is 41.0 Å². The molecule has 47 heavy (non-hydrogen) atoms. The summed E-state index contributed by atoms with van der Waals surface area (Å²) in [6.45, 7) is 2.56. The molecule has 4 bridgehead atoms. The molecule has 0 saturated carbocycles. The molecule has 1 fully saturated rings. The van der Waals surface area contributed by atoms with Crippen LogP contribution in [0.1, 0.15) is 41.4 Å². The van der Waals surface area contributed by atoms with Gasteiger partial charge in [-0.25, -0.2) is 0 Å². The largest absolute Gasteiger partial charge is 0.493 e. The summed E-state index contributed by atoms with van der Waals surface area (Å²) in [6, 6.07) is 10.5. The Morgan fingerprint density at radius 1 is 1.04 bits per heavy atom. The van der Waals surface area contributed by atoms with Crippen LogP contribution in [0.3, 0.4) is 0 Å². The Morgan fingerprint density at radius 2 is 1.83 bits per heavy atom. The number of nitrogens with one attached hydrogen (secondary N) is 4. The van der Waals surface area contributed by atoms with E-state index in [-0.39, 0.29) is 37.9 Å². The molecule has 1 saturated heterocycles. The number of fused-ring (bicyclic) bond motifs is 5.